The topological polar surface area (TPSA) is 80.2 Å². The van der Waals surface area contributed by atoms with Crippen molar-refractivity contribution in [1.29, 1.82) is 0 Å². The van der Waals surface area contributed by atoms with Crippen molar-refractivity contribution in [2.24, 2.45) is 5.10 Å². The maximum atomic E-state index is 12.8. The molecule has 1 aliphatic heterocycles. The van der Waals surface area contributed by atoms with E-state index >= 15 is 0 Å². The van der Waals surface area contributed by atoms with E-state index in [4.69, 9.17) is 32.7 Å². The van der Waals surface area contributed by atoms with Gasteiger partial charge in [0, 0.05) is 27.7 Å². The van der Waals surface area contributed by atoms with Crippen LogP contribution in [-0.4, -0.2) is 35.8 Å². The van der Waals surface area contributed by atoms with Gasteiger partial charge in [0.2, 0.25) is 5.91 Å². The zero-order valence-corrected chi connectivity index (χ0v) is 26.8. The van der Waals surface area contributed by atoms with Crippen LogP contribution in [0.3, 0.4) is 0 Å². The van der Waals surface area contributed by atoms with Crippen molar-refractivity contribution in [1.82, 2.24) is 10.3 Å². The van der Waals surface area contributed by atoms with Gasteiger partial charge in [-0.05, 0) is 69.0 Å². The molecule has 5 rings (SSSR count). The average molecular weight is 699 g/mol. The van der Waals surface area contributed by atoms with E-state index in [1.807, 2.05) is 47.4 Å². The fraction of sp³-hybridized carbons (Fsp3) is 0.156. The minimum absolute atomic E-state index is 0.101. The number of rotatable bonds is 10. The van der Waals surface area contributed by atoms with Crippen molar-refractivity contribution in [2.45, 2.75) is 18.5 Å². The molecule has 1 aliphatic rings. The quantitative estimate of drug-likeness (QED) is 0.135. The van der Waals surface area contributed by atoms with Crippen molar-refractivity contribution >= 4 is 68.9 Å². The second-order valence-corrected chi connectivity index (χ2v) is 12.3. The van der Waals surface area contributed by atoms with Crippen molar-refractivity contribution in [3.05, 3.63) is 127 Å². The van der Waals surface area contributed by atoms with Gasteiger partial charge in [-0.3, -0.25) is 9.59 Å². The molecule has 11 heteroatoms. The third kappa shape index (κ3) is 7.72. The van der Waals surface area contributed by atoms with Crippen LogP contribution in [0.1, 0.15) is 38.0 Å². The summed E-state index contributed by atoms with van der Waals surface area (Å²) in [5.74, 6) is 1.15. The molecule has 2 amide bonds. The third-order valence-corrected chi connectivity index (χ3v) is 9.07. The molecule has 0 saturated carbocycles. The molecule has 1 atom stereocenters. The number of carbonyl (C=O) groups excluding carboxylic acids is 2. The molecule has 7 nitrogen and oxygen atoms in total. The fourth-order valence-corrected chi connectivity index (χ4v) is 6.68. The van der Waals surface area contributed by atoms with E-state index in [1.165, 1.54) is 13.3 Å². The number of carbonyl (C=O) groups is 2. The highest BCUT2D eigenvalue weighted by Crippen LogP contribution is 2.40. The Morgan fingerprint density at radius 1 is 1.09 bits per heavy atom. The Morgan fingerprint density at radius 3 is 2.58 bits per heavy atom. The summed E-state index contributed by atoms with van der Waals surface area (Å²) >= 11 is 17.4. The van der Waals surface area contributed by atoms with Gasteiger partial charge in [-0.25, -0.2) is 5.43 Å². The average Bonchev–Trinajstić information content (AvgIpc) is 3.37. The summed E-state index contributed by atoms with van der Waals surface area (Å²) in [5.41, 5.74) is 6.51. The SMILES string of the molecule is COc1cc(/C=N\NC(=O)c2ccc([C@@H]3SCC(=O)N3Cc3ccccc3)cc2)cc(Br)c1OCc1ccc(Cl)cc1Cl. The van der Waals surface area contributed by atoms with Crippen LogP contribution in [-0.2, 0) is 17.9 Å². The molecule has 43 heavy (non-hydrogen) atoms. The van der Waals surface area contributed by atoms with Crippen LogP contribution in [0.15, 0.2) is 94.5 Å². The van der Waals surface area contributed by atoms with E-state index in [1.54, 1.807) is 54.2 Å². The molecule has 1 heterocycles. The highest BCUT2D eigenvalue weighted by molar-refractivity contribution is 9.10. The minimum Gasteiger partial charge on any atom is -0.493 e. The molecule has 0 bridgehead atoms. The Balaban J connectivity index is 1.20. The zero-order valence-electron chi connectivity index (χ0n) is 22.9. The van der Waals surface area contributed by atoms with Gasteiger partial charge in [-0.15, -0.1) is 11.8 Å². The molecule has 4 aromatic carbocycles. The predicted octanol–water partition coefficient (Wildman–Crippen LogP) is 7.88. The Bertz CT molecular complexity index is 1650. The molecular formula is C32H26BrCl2N3O4S. The van der Waals surface area contributed by atoms with Crippen LogP contribution in [0.25, 0.3) is 0 Å². The van der Waals surface area contributed by atoms with Gasteiger partial charge in [-0.1, -0.05) is 71.7 Å². The summed E-state index contributed by atoms with van der Waals surface area (Å²) in [5, 5.41) is 5.07. The van der Waals surface area contributed by atoms with Crippen LogP contribution in [0, 0.1) is 0 Å². The number of hydrazone groups is 1. The predicted molar refractivity (Wildman–Crippen MR) is 175 cm³/mol. The number of hydrogen-bond acceptors (Lipinski definition) is 6. The summed E-state index contributed by atoms with van der Waals surface area (Å²) in [6.45, 7) is 0.757. The number of methoxy groups -OCH3 is 1. The van der Waals surface area contributed by atoms with Gasteiger partial charge in [0.15, 0.2) is 11.5 Å². The Hall–Kier alpha value is -3.50. The lowest BCUT2D eigenvalue weighted by molar-refractivity contribution is -0.128. The molecule has 1 N–H and O–H groups in total. The van der Waals surface area contributed by atoms with Crippen LogP contribution in [0.5, 0.6) is 11.5 Å². The molecule has 0 aliphatic carbocycles. The molecule has 220 valence electrons. The number of benzene rings is 4. The monoisotopic (exact) mass is 697 g/mol. The molecule has 1 fully saturated rings. The van der Waals surface area contributed by atoms with Gasteiger partial charge in [0.05, 0.1) is 23.5 Å². The molecule has 0 radical (unpaired) electrons. The van der Waals surface area contributed by atoms with E-state index in [0.29, 0.717) is 49.4 Å². The minimum atomic E-state index is -0.357. The molecule has 4 aromatic rings. The first-order chi connectivity index (χ1) is 20.8. The first kappa shape index (κ1) is 30.9. The maximum Gasteiger partial charge on any atom is 0.271 e. The normalized spacial score (nSPS) is 14.7. The highest BCUT2D eigenvalue weighted by Gasteiger charge is 2.32. The van der Waals surface area contributed by atoms with E-state index in [9.17, 15) is 9.59 Å². The summed E-state index contributed by atoms with van der Waals surface area (Å²) in [7, 11) is 1.54. The number of hydrogen-bond donors (Lipinski definition) is 1. The van der Waals surface area contributed by atoms with Gasteiger partial charge >= 0.3 is 0 Å². The summed E-state index contributed by atoms with van der Waals surface area (Å²) in [6.07, 6.45) is 1.52. The van der Waals surface area contributed by atoms with Crippen LogP contribution in [0.4, 0.5) is 0 Å². The standard InChI is InChI=1S/C32H26BrCl2N3O4S/c1-41-28-14-21(13-26(33)30(28)42-18-24-11-12-25(34)15-27(24)35)16-36-37-31(40)22-7-9-23(10-8-22)32-38(29(39)19-43-32)17-20-5-3-2-4-6-20/h2-16,32H,17-19H2,1H3,(H,37,40)/b36-16-/t32-/m0/s1. The van der Waals surface area contributed by atoms with E-state index in [2.05, 4.69) is 26.5 Å². The van der Waals surface area contributed by atoms with Crippen molar-refractivity contribution in [3.63, 3.8) is 0 Å². The second kappa shape index (κ2) is 14.3. The molecule has 0 spiro atoms. The van der Waals surface area contributed by atoms with Crippen LogP contribution >= 0.6 is 50.9 Å². The number of nitrogens with zero attached hydrogens (tertiary/aromatic N) is 2. The van der Waals surface area contributed by atoms with Crippen molar-refractivity contribution < 1.29 is 19.1 Å². The van der Waals surface area contributed by atoms with E-state index < -0.39 is 0 Å². The number of ether oxygens (including phenoxy) is 2. The second-order valence-electron chi connectivity index (χ2n) is 9.55. The highest BCUT2D eigenvalue weighted by atomic mass is 79.9. The molecule has 0 unspecified atom stereocenters. The van der Waals surface area contributed by atoms with Crippen molar-refractivity contribution in [2.75, 3.05) is 12.9 Å². The maximum absolute atomic E-state index is 12.8. The Morgan fingerprint density at radius 2 is 1.86 bits per heavy atom. The smallest absolute Gasteiger partial charge is 0.271 e. The van der Waals surface area contributed by atoms with Gasteiger partial charge in [0.25, 0.3) is 5.91 Å². The van der Waals surface area contributed by atoms with E-state index in [0.717, 1.165) is 16.7 Å². The first-order valence-corrected chi connectivity index (χ1v) is 15.7. The third-order valence-electron chi connectivity index (χ3n) is 6.64. The van der Waals surface area contributed by atoms with Crippen LogP contribution < -0.4 is 14.9 Å². The molecular weight excluding hydrogens is 673 g/mol. The van der Waals surface area contributed by atoms with Gasteiger partial charge in [0.1, 0.15) is 12.0 Å². The zero-order chi connectivity index (χ0) is 30.3. The van der Waals surface area contributed by atoms with Crippen LogP contribution in [0.2, 0.25) is 10.0 Å². The largest absolute Gasteiger partial charge is 0.493 e. The number of halogens is 3. The van der Waals surface area contributed by atoms with Crippen molar-refractivity contribution in [3.8, 4) is 11.5 Å². The lowest BCUT2D eigenvalue weighted by Crippen LogP contribution is -2.27. The Labute approximate surface area is 272 Å². The summed E-state index contributed by atoms with van der Waals surface area (Å²) in [6, 6.07) is 25.9. The van der Waals surface area contributed by atoms with Gasteiger partial charge < -0.3 is 14.4 Å². The molecule has 1 saturated heterocycles. The number of amides is 2. The lowest BCUT2D eigenvalue weighted by atomic mass is 10.1. The molecule has 0 aromatic heterocycles. The summed E-state index contributed by atoms with van der Waals surface area (Å²) < 4.78 is 12.1. The Kier molecular flexibility index (Phi) is 10.3. The first-order valence-electron chi connectivity index (χ1n) is 13.1. The number of thioether (sulfide) groups is 1. The summed E-state index contributed by atoms with van der Waals surface area (Å²) in [4.78, 5) is 27.2. The number of nitrogens with one attached hydrogen (secondary N) is 1. The van der Waals surface area contributed by atoms with Gasteiger partial charge in [-0.2, -0.15) is 5.10 Å². The lowest BCUT2D eigenvalue weighted by Gasteiger charge is -2.24. The fourth-order valence-electron chi connectivity index (χ4n) is 4.45. The van der Waals surface area contributed by atoms with E-state index in [-0.39, 0.29) is 23.8 Å².